The van der Waals surface area contributed by atoms with E-state index in [4.69, 9.17) is 4.74 Å². The number of hydrogen-bond donors (Lipinski definition) is 1. The Morgan fingerprint density at radius 2 is 1.57 bits per heavy atom. The van der Waals surface area contributed by atoms with Crippen molar-refractivity contribution in [3.05, 3.63) is 12.2 Å². The van der Waals surface area contributed by atoms with Crippen LogP contribution in [-0.2, 0) is 14.3 Å². The zero-order valence-electron chi connectivity index (χ0n) is 27.9. The van der Waals surface area contributed by atoms with Crippen molar-refractivity contribution >= 4 is 11.9 Å². The van der Waals surface area contributed by atoms with E-state index in [9.17, 15) is 9.59 Å². The first-order valence-electron chi connectivity index (χ1n) is 17.5. The standard InChI is InChI=1S/C37H60N2O3/c1-24(2)26-12-17-37(32(41)39-22-9-20-38-21-23-39)19-18-35(7)27(31(26)37)10-11-29-34(6)15-14-30(42-25(3)40)33(4,5)28(34)13-16-36(29,35)8/h26-31,38H,1,9-23H2,2-8H3/t26-,27+,28-,29+,30-,31+,34-,35+,36+,37-/m0/s1. The van der Waals surface area contributed by atoms with Crippen molar-refractivity contribution in [3.63, 3.8) is 0 Å². The average molecular weight is 581 g/mol. The van der Waals surface area contributed by atoms with E-state index in [2.05, 4.69) is 58.3 Å². The van der Waals surface area contributed by atoms with Crippen molar-refractivity contribution in [2.75, 3.05) is 26.2 Å². The molecule has 0 unspecified atom stereocenters. The molecule has 0 aromatic rings. The van der Waals surface area contributed by atoms with Crippen LogP contribution in [0.3, 0.4) is 0 Å². The molecule has 0 aromatic heterocycles. The molecule has 1 saturated heterocycles. The van der Waals surface area contributed by atoms with E-state index in [0.29, 0.717) is 35.5 Å². The van der Waals surface area contributed by atoms with Gasteiger partial charge in [-0.05, 0) is 130 Å². The van der Waals surface area contributed by atoms with Gasteiger partial charge in [0.2, 0.25) is 5.91 Å². The van der Waals surface area contributed by atoms with Crippen LogP contribution in [0.5, 0.6) is 0 Å². The number of carbonyl (C=O) groups excluding carboxylic acids is 2. The van der Waals surface area contributed by atoms with Crippen LogP contribution in [0.25, 0.3) is 0 Å². The highest BCUT2D eigenvalue weighted by Gasteiger charge is 2.72. The first-order chi connectivity index (χ1) is 19.7. The van der Waals surface area contributed by atoms with Crippen LogP contribution in [0.2, 0.25) is 0 Å². The molecule has 5 saturated carbocycles. The molecule has 10 atom stereocenters. The zero-order valence-corrected chi connectivity index (χ0v) is 27.9. The number of esters is 1. The number of nitrogens with zero attached hydrogens (tertiary/aromatic N) is 1. The van der Waals surface area contributed by atoms with Crippen molar-refractivity contribution in [2.24, 2.45) is 56.7 Å². The van der Waals surface area contributed by atoms with Crippen molar-refractivity contribution in [1.82, 2.24) is 10.2 Å². The lowest BCUT2D eigenvalue weighted by Crippen LogP contribution is -2.67. The van der Waals surface area contributed by atoms with E-state index in [1.165, 1.54) is 37.7 Å². The second-order valence-corrected chi connectivity index (χ2v) is 17.2. The summed E-state index contributed by atoms with van der Waals surface area (Å²) in [4.78, 5) is 28.9. The van der Waals surface area contributed by atoms with Crippen LogP contribution < -0.4 is 5.32 Å². The van der Waals surface area contributed by atoms with Crippen molar-refractivity contribution in [2.45, 2.75) is 125 Å². The molecule has 6 rings (SSSR count). The largest absolute Gasteiger partial charge is 0.462 e. The molecule has 1 heterocycles. The van der Waals surface area contributed by atoms with Crippen LogP contribution in [0.15, 0.2) is 12.2 Å². The minimum Gasteiger partial charge on any atom is -0.462 e. The lowest BCUT2D eigenvalue weighted by Gasteiger charge is -2.73. The average Bonchev–Trinajstić information content (AvgIpc) is 3.11. The van der Waals surface area contributed by atoms with Gasteiger partial charge in [-0.1, -0.05) is 46.8 Å². The second-order valence-electron chi connectivity index (χ2n) is 17.2. The predicted molar refractivity (Wildman–Crippen MR) is 169 cm³/mol. The molecule has 1 N–H and O–H groups in total. The van der Waals surface area contributed by atoms with Crippen LogP contribution in [0, 0.1) is 56.7 Å². The molecule has 0 spiro atoms. The Kier molecular flexibility index (Phi) is 7.55. The van der Waals surface area contributed by atoms with Crippen molar-refractivity contribution < 1.29 is 14.3 Å². The number of nitrogens with one attached hydrogen (secondary N) is 1. The summed E-state index contributed by atoms with van der Waals surface area (Å²) in [5.41, 5.74) is 1.85. The molecule has 6 fully saturated rings. The van der Waals surface area contributed by atoms with Gasteiger partial charge in [0.15, 0.2) is 0 Å². The van der Waals surface area contributed by atoms with Gasteiger partial charge < -0.3 is 15.0 Å². The smallest absolute Gasteiger partial charge is 0.302 e. The SMILES string of the molecule is C=C(C)[C@@H]1CC[C@]2(C(=O)N3CCCNCC3)CC[C@]3(C)[C@H](CC[C@@H]4[C@@]5(C)CC[C@H](OC(C)=O)C(C)(C)[C@@H]5CC[C@]43C)[C@@H]12. The highest BCUT2D eigenvalue weighted by Crippen LogP contribution is 2.77. The van der Waals surface area contributed by atoms with Crippen LogP contribution >= 0.6 is 0 Å². The molecular formula is C37H60N2O3. The van der Waals surface area contributed by atoms with Gasteiger partial charge >= 0.3 is 5.97 Å². The Bertz CT molecular complexity index is 1110. The maximum Gasteiger partial charge on any atom is 0.302 e. The summed E-state index contributed by atoms with van der Waals surface area (Å²) in [5, 5.41) is 3.52. The summed E-state index contributed by atoms with van der Waals surface area (Å²) >= 11 is 0. The summed E-state index contributed by atoms with van der Waals surface area (Å²) in [5.74, 6) is 3.06. The third-order valence-corrected chi connectivity index (χ3v) is 15.4. The molecule has 0 aromatic carbocycles. The lowest BCUT2D eigenvalue weighted by atomic mass is 9.32. The van der Waals surface area contributed by atoms with Gasteiger partial charge in [-0.2, -0.15) is 0 Å². The minimum absolute atomic E-state index is 0.00952. The highest BCUT2D eigenvalue weighted by atomic mass is 16.5. The fourth-order valence-corrected chi connectivity index (χ4v) is 13.3. The van der Waals surface area contributed by atoms with Gasteiger partial charge in [0.25, 0.3) is 0 Å². The van der Waals surface area contributed by atoms with Crippen molar-refractivity contribution in [1.29, 1.82) is 0 Å². The van der Waals surface area contributed by atoms with Crippen LogP contribution in [-0.4, -0.2) is 49.1 Å². The number of fused-ring (bicyclic) bond motifs is 7. The minimum atomic E-state index is -0.202. The van der Waals surface area contributed by atoms with Gasteiger partial charge in [-0.3, -0.25) is 9.59 Å². The molecule has 1 aliphatic heterocycles. The molecule has 1 amide bonds. The first-order valence-corrected chi connectivity index (χ1v) is 17.5. The molecule has 0 bridgehead atoms. The first kappa shape index (κ1) is 30.7. The van der Waals surface area contributed by atoms with E-state index in [1.54, 1.807) is 6.92 Å². The summed E-state index contributed by atoms with van der Waals surface area (Å²) in [6.07, 6.45) is 12.6. The fraction of sp³-hybridized carbons (Fsp3) is 0.892. The van der Waals surface area contributed by atoms with Crippen LogP contribution in [0.1, 0.15) is 119 Å². The van der Waals surface area contributed by atoms with Gasteiger partial charge in [0.1, 0.15) is 6.10 Å². The molecule has 6 aliphatic rings. The van der Waals surface area contributed by atoms with Gasteiger partial charge in [0, 0.05) is 32.0 Å². The lowest BCUT2D eigenvalue weighted by molar-refractivity contribution is -0.249. The Labute approximate surface area is 256 Å². The third kappa shape index (κ3) is 4.17. The van der Waals surface area contributed by atoms with E-state index in [1.807, 2.05) is 0 Å². The molecule has 5 aliphatic carbocycles. The van der Waals surface area contributed by atoms with E-state index >= 15 is 0 Å². The molecule has 5 nitrogen and oxygen atoms in total. The van der Waals surface area contributed by atoms with Gasteiger partial charge in [-0.15, -0.1) is 0 Å². The number of rotatable bonds is 3. The van der Waals surface area contributed by atoms with E-state index < -0.39 is 0 Å². The number of allylic oxidation sites excluding steroid dienone is 1. The van der Waals surface area contributed by atoms with E-state index in [0.717, 1.165) is 64.7 Å². The molecule has 5 heteroatoms. The maximum absolute atomic E-state index is 14.7. The molecule has 0 radical (unpaired) electrons. The predicted octanol–water partition coefficient (Wildman–Crippen LogP) is 7.40. The Morgan fingerprint density at radius 3 is 2.29 bits per heavy atom. The second kappa shape index (κ2) is 10.3. The molecular weight excluding hydrogens is 520 g/mol. The number of carbonyl (C=O) groups is 2. The fourth-order valence-electron chi connectivity index (χ4n) is 13.3. The Morgan fingerprint density at radius 1 is 0.810 bits per heavy atom. The number of amides is 1. The van der Waals surface area contributed by atoms with E-state index in [-0.39, 0.29) is 39.1 Å². The third-order valence-electron chi connectivity index (χ3n) is 15.4. The molecule has 42 heavy (non-hydrogen) atoms. The Balaban J connectivity index is 1.34. The summed E-state index contributed by atoms with van der Waals surface area (Å²) in [7, 11) is 0. The van der Waals surface area contributed by atoms with Crippen LogP contribution in [0.4, 0.5) is 0 Å². The summed E-state index contributed by atoms with van der Waals surface area (Å²) in [6.45, 7) is 24.8. The monoisotopic (exact) mass is 580 g/mol. The topological polar surface area (TPSA) is 58.6 Å². The quantitative estimate of drug-likeness (QED) is 0.279. The van der Waals surface area contributed by atoms with Gasteiger partial charge in [-0.25, -0.2) is 0 Å². The van der Waals surface area contributed by atoms with Crippen molar-refractivity contribution in [3.8, 4) is 0 Å². The summed E-state index contributed by atoms with van der Waals surface area (Å²) < 4.78 is 5.95. The highest BCUT2D eigenvalue weighted by molar-refractivity contribution is 5.84. The maximum atomic E-state index is 14.7. The summed E-state index contributed by atoms with van der Waals surface area (Å²) in [6, 6.07) is 0. The number of ether oxygens (including phenoxy) is 1. The van der Waals surface area contributed by atoms with Gasteiger partial charge in [0.05, 0.1) is 5.41 Å². The normalized spacial score (nSPS) is 48.1. The number of hydrogen-bond acceptors (Lipinski definition) is 4. The zero-order chi connectivity index (χ0) is 30.3. The molecule has 236 valence electrons. The Hall–Kier alpha value is -1.36.